The summed E-state index contributed by atoms with van der Waals surface area (Å²) in [6, 6.07) is -0.739. The van der Waals surface area contributed by atoms with Gasteiger partial charge in [0.25, 0.3) is 0 Å². The molecule has 1 rings (SSSR count). The van der Waals surface area contributed by atoms with Crippen molar-refractivity contribution in [1.29, 1.82) is 0 Å². The van der Waals surface area contributed by atoms with Gasteiger partial charge in [-0.1, -0.05) is 6.42 Å². The number of hydrogen-bond donors (Lipinski definition) is 3. The summed E-state index contributed by atoms with van der Waals surface area (Å²) in [4.78, 5) is 29.6. The summed E-state index contributed by atoms with van der Waals surface area (Å²) in [7, 11) is -4.15. The van der Waals surface area contributed by atoms with E-state index in [0.717, 1.165) is 12.8 Å². The van der Waals surface area contributed by atoms with Crippen molar-refractivity contribution in [1.82, 2.24) is 4.90 Å². The summed E-state index contributed by atoms with van der Waals surface area (Å²) in [6.07, 6.45) is 1.61. The lowest BCUT2D eigenvalue weighted by atomic mass is 10.0. The van der Waals surface area contributed by atoms with E-state index in [0.29, 0.717) is 13.0 Å². The number of piperidine rings is 1. The number of carbonyl (C=O) groups is 1. The summed E-state index contributed by atoms with van der Waals surface area (Å²) in [5.74, 6) is -1.00. The van der Waals surface area contributed by atoms with Gasteiger partial charge < -0.3 is 14.9 Å². The maximum absolute atomic E-state index is 10.8. The maximum Gasteiger partial charge on any atom is 0.339 e. The Balaban J connectivity index is 2.63. The zero-order valence-corrected chi connectivity index (χ0v) is 8.56. The molecule has 14 heavy (non-hydrogen) atoms. The molecule has 0 saturated carbocycles. The number of carboxylic acids is 1. The molecule has 1 atom stereocenters. The molecule has 1 aliphatic rings. The molecule has 1 saturated heterocycles. The molecule has 0 amide bonds. The van der Waals surface area contributed by atoms with Crippen LogP contribution in [0, 0.1) is 0 Å². The average molecular weight is 223 g/mol. The first kappa shape index (κ1) is 11.7. The van der Waals surface area contributed by atoms with E-state index in [1.54, 1.807) is 0 Å². The van der Waals surface area contributed by atoms with Crippen molar-refractivity contribution in [3.05, 3.63) is 0 Å². The van der Waals surface area contributed by atoms with Crippen LogP contribution in [0.25, 0.3) is 0 Å². The number of hydrogen-bond acceptors (Lipinski definition) is 3. The molecule has 1 heterocycles. The van der Waals surface area contributed by atoms with Crippen molar-refractivity contribution in [2.24, 2.45) is 0 Å². The van der Waals surface area contributed by atoms with Gasteiger partial charge >= 0.3 is 13.6 Å². The molecule has 3 N–H and O–H groups in total. The summed E-state index contributed by atoms with van der Waals surface area (Å²) >= 11 is 0. The Bertz CT molecular complexity index is 263. The van der Waals surface area contributed by atoms with Crippen LogP contribution in [0.2, 0.25) is 0 Å². The predicted molar refractivity (Wildman–Crippen MR) is 48.9 cm³/mol. The van der Waals surface area contributed by atoms with Gasteiger partial charge in [-0.15, -0.1) is 0 Å². The second-order valence-corrected chi connectivity index (χ2v) is 5.08. The van der Waals surface area contributed by atoms with E-state index >= 15 is 0 Å². The third-order valence-corrected chi connectivity index (χ3v) is 3.00. The highest BCUT2D eigenvalue weighted by molar-refractivity contribution is 7.51. The van der Waals surface area contributed by atoms with Crippen molar-refractivity contribution in [3.8, 4) is 0 Å². The van der Waals surface area contributed by atoms with Gasteiger partial charge in [-0.05, 0) is 19.4 Å². The number of likely N-dealkylation sites (tertiary alicyclic amines) is 1. The molecule has 82 valence electrons. The van der Waals surface area contributed by atoms with Gasteiger partial charge in [0.1, 0.15) is 12.3 Å². The minimum Gasteiger partial charge on any atom is -0.480 e. The standard InChI is InChI=1S/C7H14NO5P/c9-7(10)6-3-1-2-4-8(6)5-14(11,12)13/h6H,1-5H2,(H,9,10)(H2,11,12,13). The molecule has 6 nitrogen and oxygen atoms in total. The fourth-order valence-electron chi connectivity index (χ4n) is 1.68. The Hall–Kier alpha value is -0.420. The predicted octanol–water partition coefficient (Wildman–Crippen LogP) is 0.0607. The lowest BCUT2D eigenvalue weighted by molar-refractivity contribution is -0.144. The van der Waals surface area contributed by atoms with E-state index in [1.807, 2.05) is 0 Å². The molecule has 0 aromatic carbocycles. The van der Waals surface area contributed by atoms with Crippen molar-refractivity contribution < 1.29 is 24.3 Å². The minimum atomic E-state index is -4.15. The normalized spacial score (nSPS) is 24.9. The first-order valence-electron chi connectivity index (χ1n) is 4.41. The zero-order valence-electron chi connectivity index (χ0n) is 7.67. The molecule has 1 fully saturated rings. The third-order valence-electron chi connectivity index (χ3n) is 2.26. The molecule has 7 heteroatoms. The van der Waals surface area contributed by atoms with Crippen LogP contribution < -0.4 is 0 Å². The van der Waals surface area contributed by atoms with Gasteiger partial charge in [-0.2, -0.15) is 0 Å². The SMILES string of the molecule is O=C(O)C1CCCCN1CP(=O)(O)O. The van der Waals surface area contributed by atoms with Gasteiger partial charge in [0, 0.05) is 0 Å². The fraction of sp³-hybridized carbons (Fsp3) is 0.857. The fourth-order valence-corrected chi connectivity index (χ4v) is 2.49. The largest absolute Gasteiger partial charge is 0.480 e. The van der Waals surface area contributed by atoms with E-state index in [4.69, 9.17) is 14.9 Å². The Morgan fingerprint density at radius 2 is 2.07 bits per heavy atom. The van der Waals surface area contributed by atoms with Crippen molar-refractivity contribution >= 4 is 13.6 Å². The molecule has 0 aromatic heterocycles. The first-order chi connectivity index (χ1) is 6.40. The molecule has 0 bridgehead atoms. The third kappa shape index (κ3) is 3.38. The molecule has 0 aromatic rings. The highest BCUT2D eigenvalue weighted by Gasteiger charge is 2.32. The quantitative estimate of drug-likeness (QED) is 0.585. The summed E-state index contributed by atoms with van der Waals surface area (Å²) in [5, 5.41) is 8.81. The second kappa shape index (κ2) is 4.40. The van der Waals surface area contributed by atoms with Gasteiger partial charge in [-0.25, -0.2) is 0 Å². The Kier molecular flexibility index (Phi) is 3.66. The molecule has 0 spiro atoms. The Labute approximate surface area is 81.7 Å². The topological polar surface area (TPSA) is 98.1 Å². The highest BCUT2D eigenvalue weighted by atomic mass is 31.2. The highest BCUT2D eigenvalue weighted by Crippen LogP contribution is 2.37. The van der Waals surface area contributed by atoms with Crippen LogP contribution in [0.3, 0.4) is 0 Å². The second-order valence-electron chi connectivity index (χ2n) is 3.47. The van der Waals surface area contributed by atoms with Crippen molar-refractivity contribution in [3.63, 3.8) is 0 Å². The van der Waals surface area contributed by atoms with Gasteiger partial charge in [0.2, 0.25) is 0 Å². The van der Waals surface area contributed by atoms with Crippen LogP contribution in [0.4, 0.5) is 0 Å². The van der Waals surface area contributed by atoms with E-state index in [1.165, 1.54) is 4.90 Å². The summed E-state index contributed by atoms with van der Waals surface area (Å²) < 4.78 is 10.7. The molecule has 0 radical (unpaired) electrons. The Morgan fingerprint density at radius 3 is 2.57 bits per heavy atom. The van der Waals surface area contributed by atoms with Crippen LogP contribution in [0.15, 0.2) is 0 Å². The zero-order chi connectivity index (χ0) is 10.8. The summed E-state index contributed by atoms with van der Waals surface area (Å²) in [5.41, 5.74) is 0. The van der Waals surface area contributed by atoms with Crippen molar-refractivity contribution in [2.45, 2.75) is 25.3 Å². The molecular formula is C7H14NO5P. The van der Waals surface area contributed by atoms with Crippen LogP contribution in [0.5, 0.6) is 0 Å². The molecule has 0 aliphatic carbocycles. The molecular weight excluding hydrogens is 209 g/mol. The number of rotatable bonds is 3. The first-order valence-corrected chi connectivity index (χ1v) is 6.21. The van der Waals surface area contributed by atoms with E-state index < -0.39 is 25.9 Å². The summed E-state index contributed by atoms with van der Waals surface area (Å²) in [6.45, 7) is 0.447. The van der Waals surface area contributed by atoms with E-state index in [-0.39, 0.29) is 0 Å². The lowest BCUT2D eigenvalue weighted by Crippen LogP contribution is -2.44. The van der Waals surface area contributed by atoms with E-state index in [9.17, 15) is 9.36 Å². The van der Waals surface area contributed by atoms with Crippen LogP contribution in [-0.4, -0.2) is 44.6 Å². The molecule has 1 aliphatic heterocycles. The van der Waals surface area contributed by atoms with Gasteiger partial charge in [-0.3, -0.25) is 14.3 Å². The molecule has 1 unspecified atom stereocenters. The van der Waals surface area contributed by atoms with E-state index in [2.05, 4.69) is 0 Å². The van der Waals surface area contributed by atoms with Crippen LogP contribution >= 0.6 is 7.60 Å². The monoisotopic (exact) mass is 223 g/mol. The van der Waals surface area contributed by atoms with Crippen LogP contribution in [-0.2, 0) is 9.36 Å². The van der Waals surface area contributed by atoms with Crippen LogP contribution in [0.1, 0.15) is 19.3 Å². The smallest absolute Gasteiger partial charge is 0.339 e. The number of carboxylic acid groups (broad SMARTS) is 1. The van der Waals surface area contributed by atoms with Gasteiger partial charge in [0.05, 0.1) is 0 Å². The van der Waals surface area contributed by atoms with Crippen molar-refractivity contribution in [2.75, 3.05) is 12.8 Å². The van der Waals surface area contributed by atoms with Gasteiger partial charge in [0.15, 0.2) is 0 Å². The maximum atomic E-state index is 10.8. The number of aliphatic carboxylic acids is 1. The lowest BCUT2D eigenvalue weighted by Gasteiger charge is -2.32. The Morgan fingerprint density at radius 1 is 1.43 bits per heavy atom. The average Bonchev–Trinajstić information content (AvgIpc) is 2.01. The number of nitrogens with zero attached hydrogens (tertiary/aromatic N) is 1. The minimum absolute atomic E-state index is 0.447.